The van der Waals surface area contributed by atoms with Crippen LogP contribution in [0.5, 0.6) is 0 Å². The molecule has 0 radical (unpaired) electrons. The van der Waals surface area contributed by atoms with Gasteiger partial charge in [-0.2, -0.15) is 0 Å². The van der Waals surface area contributed by atoms with Crippen molar-refractivity contribution in [3.05, 3.63) is 35.4 Å². The number of hydrogen-bond acceptors (Lipinski definition) is 2. The molecule has 2 atom stereocenters. The van der Waals surface area contributed by atoms with Crippen LogP contribution in [0.15, 0.2) is 24.3 Å². The lowest BCUT2D eigenvalue weighted by Gasteiger charge is -2.25. The van der Waals surface area contributed by atoms with Crippen LogP contribution < -0.4 is 5.32 Å². The number of nitrogens with one attached hydrogen (secondary N) is 1. The average molecular weight is 274 g/mol. The molecule has 20 heavy (non-hydrogen) atoms. The highest BCUT2D eigenvalue weighted by atomic mass is 15.1. The highest BCUT2D eigenvalue weighted by Gasteiger charge is 2.20. The fourth-order valence-corrected chi connectivity index (χ4v) is 3.11. The molecule has 1 N–H and O–H groups in total. The van der Waals surface area contributed by atoms with Gasteiger partial charge in [0.2, 0.25) is 0 Å². The summed E-state index contributed by atoms with van der Waals surface area (Å²) in [7, 11) is 0. The van der Waals surface area contributed by atoms with E-state index in [2.05, 4.69) is 62.2 Å². The molecular formula is C18H30N2. The van der Waals surface area contributed by atoms with Gasteiger partial charge in [-0.05, 0) is 65.6 Å². The van der Waals surface area contributed by atoms with Crippen molar-refractivity contribution in [2.45, 2.75) is 65.1 Å². The predicted molar refractivity (Wildman–Crippen MR) is 87.1 cm³/mol. The summed E-state index contributed by atoms with van der Waals surface area (Å²) in [6, 6.07) is 10.7. The maximum atomic E-state index is 3.83. The van der Waals surface area contributed by atoms with Crippen molar-refractivity contribution in [3.8, 4) is 0 Å². The summed E-state index contributed by atoms with van der Waals surface area (Å²) >= 11 is 0. The van der Waals surface area contributed by atoms with Gasteiger partial charge in [0, 0.05) is 18.1 Å². The second-order valence-corrected chi connectivity index (χ2v) is 6.56. The molecule has 2 nitrogen and oxygen atoms in total. The first-order valence-corrected chi connectivity index (χ1v) is 8.13. The quantitative estimate of drug-likeness (QED) is 0.895. The summed E-state index contributed by atoms with van der Waals surface area (Å²) in [6.07, 6.45) is 3.89. The molecule has 1 heterocycles. The summed E-state index contributed by atoms with van der Waals surface area (Å²) in [6.45, 7) is 11.5. The average Bonchev–Trinajstić information content (AvgIpc) is 2.65. The molecule has 1 aliphatic rings. The van der Waals surface area contributed by atoms with E-state index in [0.717, 1.165) is 0 Å². The molecule has 1 saturated heterocycles. The summed E-state index contributed by atoms with van der Waals surface area (Å²) < 4.78 is 0. The fourth-order valence-electron chi connectivity index (χ4n) is 3.11. The normalized spacial score (nSPS) is 22.8. The Morgan fingerprint density at radius 3 is 2.40 bits per heavy atom. The number of benzene rings is 1. The van der Waals surface area contributed by atoms with Gasteiger partial charge in [-0.25, -0.2) is 0 Å². The van der Waals surface area contributed by atoms with Crippen LogP contribution in [0, 0.1) is 6.92 Å². The zero-order valence-electron chi connectivity index (χ0n) is 13.5. The smallest absolute Gasteiger partial charge is 0.0294 e. The van der Waals surface area contributed by atoms with Crippen LogP contribution in [0.25, 0.3) is 0 Å². The van der Waals surface area contributed by atoms with Gasteiger partial charge in [0.1, 0.15) is 0 Å². The Balaban J connectivity index is 1.88. The van der Waals surface area contributed by atoms with E-state index in [1.165, 1.54) is 43.5 Å². The first-order chi connectivity index (χ1) is 9.56. The molecule has 1 unspecified atom stereocenters. The van der Waals surface area contributed by atoms with Gasteiger partial charge in [0.05, 0.1) is 0 Å². The van der Waals surface area contributed by atoms with E-state index >= 15 is 0 Å². The number of nitrogens with zero attached hydrogens (tertiary/aromatic N) is 1. The standard InChI is InChI=1S/C18H30N2/c1-14(2)20-12-5-6-18(11-13-20)19-16(4)17-9-7-15(3)8-10-17/h7-10,14,16,18-19H,5-6,11-13H2,1-4H3/t16-,18?/m1/s1. The molecule has 112 valence electrons. The molecule has 1 fully saturated rings. The molecule has 0 aromatic heterocycles. The summed E-state index contributed by atoms with van der Waals surface area (Å²) in [5.74, 6) is 0. The molecule has 1 aromatic carbocycles. The Hall–Kier alpha value is -0.860. The second-order valence-electron chi connectivity index (χ2n) is 6.56. The molecule has 1 aliphatic heterocycles. The SMILES string of the molecule is Cc1ccc([C@@H](C)NC2CCCN(C(C)C)CC2)cc1. The predicted octanol–water partition coefficient (Wildman–Crippen LogP) is 3.91. The zero-order valence-corrected chi connectivity index (χ0v) is 13.5. The fraction of sp³-hybridized carbons (Fsp3) is 0.667. The van der Waals surface area contributed by atoms with Gasteiger partial charge in [-0.3, -0.25) is 0 Å². The van der Waals surface area contributed by atoms with E-state index in [4.69, 9.17) is 0 Å². The largest absolute Gasteiger partial charge is 0.307 e. The number of rotatable bonds is 4. The van der Waals surface area contributed by atoms with Crippen LogP contribution in [-0.2, 0) is 0 Å². The van der Waals surface area contributed by atoms with Crippen LogP contribution >= 0.6 is 0 Å². The van der Waals surface area contributed by atoms with Gasteiger partial charge in [-0.1, -0.05) is 29.8 Å². The molecule has 2 heteroatoms. The van der Waals surface area contributed by atoms with Crippen molar-refractivity contribution in [1.29, 1.82) is 0 Å². The lowest BCUT2D eigenvalue weighted by molar-refractivity contribution is 0.228. The Morgan fingerprint density at radius 1 is 1.05 bits per heavy atom. The van der Waals surface area contributed by atoms with E-state index in [0.29, 0.717) is 18.1 Å². The molecule has 0 amide bonds. The Morgan fingerprint density at radius 2 is 1.75 bits per heavy atom. The van der Waals surface area contributed by atoms with Crippen molar-refractivity contribution < 1.29 is 0 Å². The van der Waals surface area contributed by atoms with Crippen molar-refractivity contribution in [1.82, 2.24) is 10.2 Å². The van der Waals surface area contributed by atoms with E-state index in [-0.39, 0.29) is 0 Å². The summed E-state index contributed by atoms with van der Waals surface area (Å²) in [4.78, 5) is 2.61. The lowest BCUT2D eigenvalue weighted by Crippen LogP contribution is -2.34. The van der Waals surface area contributed by atoms with Gasteiger partial charge >= 0.3 is 0 Å². The van der Waals surface area contributed by atoms with E-state index in [1.54, 1.807) is 0 Å². The van der Waals surface area contributed by atoms with Crippen LogP contribution in [0.3, 0.4) is 0 Å². The van der Waals surface area contributed by atoms with E-state index in [9.17, 15) is 0 Å². The number of hydrogen-bond donors (Lipinski definition) is 1. The van der Waals surface area contributed by atoms with Crippen LogP contribution in [-0.4, -0.2) is 30.1 Å². The zero-order chi connectivity index (χ0) is 14.5. The Bertz CT molecular complexity index is 396. The Kier molecular flexibility index (Phi) is 5.62. The van der Waals surface area contributed by atoms with E-state index in [1.807, 2.05) is 0 Å². The number of likely N-dealkylation sites (tertiary alicyclic amines) is 1. The minimum Gasteiger partial charge on any atom is -0.307 e. The van der Waals surface area contributed by atoms with Crippen LogP contribution in [0.2, 0.25) is 0 Å². The first kappa shape index (κ1) is 15.5. The van der Waals surface area contributed by atoms with Gasteiger partial charge in [0.25, 0.3) is 0 Å². The highest BCUT2D eigenvalue weighted by Crippen LogP contribution is 2.19. The maximum absolute atomic E-state index is 3.83. The van der Waals surface area contributed by atoms with Crippen molar-refractivity contribution in [2.75, 3.05) is 13.1 Å². The van der Waals surface area contributed by atoms with Crippen molar-refractivity contribution in [2.24, 2.45) is 0 Å². The van der Waals surface area contributed by atoms with Crippen LogP contribution in [0.4, 0.5) is 0 Å². The van der Waals surface area contributed by atoms with Crippen molar-refractivity contribution in [3.63, 3.8) is 0 Å². The topological polar surface area (TPSA) is 15.3 Å². The molecule has 1 aromatic rings. The third kappa shape index (κ3) is 4.32. The highest BCUT2D eigenvalue weighted by molar-refractivity contribution is 5.23. The van der Waals surface area contributed by atoms with Gasteiger partial charge in [-0.15, -0.1) is 0 Å². The molecule has 0 aliphatic carbocycles. The van der Waals surface area contributed by atoms with E-state index < -0.39 is 0 Å². The minimum atomic E-state index is 0.450. The second kappa shape index (κ2) is 7.24. The molecule has 0 bridgehead atoms. The van der Waals surface area contributed by atoms with Gasteiger partial charge < -0.3 is 10.2 Å². The molecule has 0 saturated carbocycles. The lowest BCUT2D eigenvalue weighted by atomic mass is 10.0. The molecule has 2 rings (SSSR count). The van der Waals surface area contributed by atoms with Crippen molar-refractivity contribution >= 4 is 0 Å². The van der Waals surface area contributed by atoms with Crippen LogP contribution in [0.1, 0.15) is 57.2 Å². The first-order valence-electron chi connectivity index (χ1n) is 8.13. The summed E-state index contributed by atoms with van der Waals surface area (Å²) in [5, 5.41) is 3.83. The van der Waals surface area contributed by atoms with Gasteiger partial charge in [0.15, 0.2) is 0 Å². The molecular weight excluding hydrogens is 244 g/mol. The summed E-state index contributed by atoms with van der Waals surface area (Å²) in [5.41, 5.74) is 2.74. The molecule has 0 spiro atoms. The number of aryl methyl sites for hydroxylation is 1. The minimum absolute atomic E-state index is 0.450. The Labute approximate surface area is 124 Å². The third-order valence-corrected chi connectivity index (χ3v) is 4.56. The maximum Gasteiger partial charge on any atom is 0.0294 e. The monoisotopic (exact) mass is 274 g/mol. The third-order valence-electron chi connectivity index (χ3n) is 4.56.